The Hall–Kier alpha value is -0.990. The lowest BCUT2D eigenvalue weighted by molar-refractivity contribution is 0.0788. The molecule has 0 aliphatic carbocycles. The molecule has 1 aromatic rings. The lowest BCUT2D eigenvalue weighted by Gasteiger charge is -2.17. The predicted molar refractivity (Wildman–Crippen MR) is 77.3 cm³/mol. The van der Waals surface area contributed by atoms with Crippen molar-refractivity contribution in [2.75, 3.05) is 13.6 Å². The molecule has 0 fully saturated rings. The monoisotopic (exact) mass is 366 g/mol. The molecule has 8 heteroatoms. The van der Waals surface area contributed by atoms with Crippen molar-refractivity contribution in [2.24, 2.45) is 5.14 Å². The molecule has 0 heterocycles. The molecule has 112 valence electrons. The first-order chi connectivity index (χ1) is 9.18. The number of sulfonamides is 1. The summed E-state index contributed by atoms with van der Waals surface area (Å²) >= 11 is 2.92. The van der Waals surface area contributed by atoms with Crippen molar-refractivity contribution in [3.05, 3.63) is 28.0 Å². The molecule has 0 saturated carbocycles. The molecule has 0 saturated heterocycles. The average Bonchev–Trinajstić information content (AvgIpc) is 2.33. The van der Waals surface area contributed by atoms with Crippen molar-refractivity contribution in [1.82, 2.24) is 4.90 Å². The number of amides is 1. The third-order valence-corrected chi connectivity index (χ3v) is 4.62. The minimum Gasteiger partial charge on any atom is -0.342 e. The minimum atomic E-state index is -4.03. The summed E-state index contributed by atoms with van der Waals surface area (Å²) in [5.74, 6) is -1.37. The zero-order valence-electron chi connectivity index (χ0n) is 11.2. The fourth-order valence-electron chi connectivity index (χ4n) is 1.61. The summed E-state index contributed by atoms with van der Waals surface area (Å²) in [5.41, 5.74) is -0.309. The van der Waals surface area contributed by atoms with Gasteiger partial charge in [0, 0.05) is 18.1 Å². The topological polar surface area (TPSA) is 80.5 Å². The van der Waals surface area contributed by atoms with Crippen molar-refractivity contribution in [1.29, 1.82) is 0 Å². The van der Waals surface area contributed by atoms with Crippen LogP contribution in [0.5, 0.6) is 0 Å². The van der Waals surface area contributed by atoms with Crippen molar-refractivity contribution < 1.29 is 17.6 Å². The number of hydrogen-bond donors (Lipinski definition) is 1. The second kappa shape index (κ2) is 6.64. The molecule has 0 aromatic heterocycles. The molecule has 1 rings (SSSR count). The van der Waals surface area contributed by atoms with E-state index in [9.17, 15) is 17.6 Å². The molecule has 20 heavy (non-hydrogen) atoms. The van der Waals surface area contributed by atoms with Crippen LogP contribution in [0, 0.1) is 5.82 Å². The number of carbonyl (C=O) groups excluding carboxylic acids is 1. The van der Waals surface area contributed by atoms with E-state index in [1.807, 2.05) is 6.92 Å². The number of carbonyl (C=O) groups is 1. The molecule has 1 amide bonds. The molecule has 0 radical (unpaired) electrons. The van der Waals surface area contributed by atoms with Gasteiger partial charge in [0.05, 0.1) is 10.5 Å². The number of halogens is 2. The Morgan fingerprint density at radius 2 is 2.05 bits per heavy atom. The average molecular weight is 367 g/mol. The van der Waals surface area contributed by atoms with Crippen LogP contribution in [0.4, 0.5) is 4.39 Å². The van der Waals surface area contributed by atoms with Crippen LogP contribution in [0.1, 0.15) is 30.1 Å². The van der Waals surface area contributed by atoms with Gasteiger partial charge < -0.3 is 4.90 Å². The van der Waals surface area contributed by atoms with Gasteiger partial charge in [-0.15, -0.1) is 0 Å². The lowest BCUT2D eigenvalue weighted by atomic mass is 10.2. The summed E-state index contributed by atoms with van der Waals surface area (Å²) in [6.07, 6.45) is 1.67. The van der Waals surface area contributed by atoms with E-state index in [0.29, 0.717) is 6.54 Å². The maximum absolute atomic E-state index is 13.8. The second-order valence-electron chi connectivity index (χ2n) is 4.39. The van der Waals surface area contributed by atoms with E-state index in [0.717, 1.165) is 25.0 Å². The van der Waals surface area contributed by atoms with Crippen LogP contribution >= 0.6 is 15.9 Å². The van der Waals surface area contributed by atoms with Gasteiger partial charge in [-0.1, -0.05) is 13.3 Å². The van der Waals surface area contributed by atoms with E-state index >= 15 is 0 Å². The number of benzene rings is 1. The molecular weight excluding hydrogens is 351 g/mol. The molecule has 0 unspecified atom stereocenters. The number of primary sulfonamides is 1. The zero-order valence-corrected chi connectivity index (χ0v) is 13.6. The van der Waals surface area contributed by atoms with Crippen LogP contribution in [0.3, 0.4) is 0 Å². The normalized spacial score (nSPS) is 11.4. The van der Waals surface area contributed by atoms with E-state index in [2.05, 4.69) is 15.9 Å². The molecule has 2 N–H and O–H groups in total. The van der Waals surface area contributed by atoms with Gasteiger partial charge in [0.25, 0.3) is 5.91 Å². The van der Waals surface area contributed by atoms with Gasteiger partial charge in [-0.3, -0.25) is 4.79 Å². The van der Waals surface area contributed by atoms with Crippen LogP contribution in [0.25, 0.3) is 0 Å². The standard InChI is InChI=1S/C12H16BrFN2O3S/c1-3-4-5-16(2)12(17)8-6-11(20(15,18)19)9(13)7-10(8)14/h6-7H,3-5H2,1-2H3,(H2,15,18,19). The van der Waals surface area contributed by atoms with Gasteiger partial charge in [0.2, 0.25) is 10.0 Å². The molecule has 5 nitrogen and oxygen atoms in total. The van der Waals surface area contributed by atoms with Crippen LogP contribution in [-0.4, -0.2) is 32.8 Å². The highest BCUT2D eigenvalue weighted by Gasteiger charge is 2.22. The highest BCUT2D eigenvalue weighted by molar-refractivity contribution is 9.10. The maximum atomic E-state index is 13.8. The Morgan fingerprint density at radius 1 is 1.45 bits per heavy atom. The van der Waals surface area contributed by atoms with Gasteiger partial charge in [-0.05, 0) is 34.5 Å². The van der Waals surface area contributed by atoms with Gasteiger partial charge in [0.15, 0.2) is 0 Å². The summed E-state index contributed by atoms with van der Waals surface area (Å²) in [4.78, 5) is 13.1. The van der Waals surface area contributed by atoms with E-state index in [4.69, 9.17) is 5.14 Å². The fraction of sp³-hybridized carbons (Fsp3) is 0.417. The molecule has 0 aliphatic heterocycles. The Bertz CT molecular complexity index is 619. The Morgan fingerprint density at radius 3 is 2.55 bits per heavy atom. The van der Waals surface area contributed by atoms with Crippen molar-refractivity contribution >= 4 is 31.9 Å². The summed E-state index contributed by atoms with van der Waals surface area (Å²) < 4.78 is 36.6. The first-order valence-electron chi connectivity index (χ1n) is 5.95. The highest BCUT2D eigenvalue weighted by Crippen LogP contribution is 2.25. The van der Waals surface area contributed by atoms with Crippen molar-refractivity contribution in [3.63, 3.8) is 0 Å². The Labute approximate surface area is 126 Å². The SMILES string of the molecule is CCCCN(C)C(=O)c1cc(S(N)(=O)=O)c(Br)cc1F. The molecule has 0 aliphatic rings. The lowest BCUT2D eigenvalue weighted by Crippen LogP contribution is -2.29. The number of nitrogens with two attached hydrogens (primary N) is 1. The first-order valence-corrected chi connectivity index (χ1v) is 8.29. The minimum absolute atomic E-state index is 0.00902. The summed E-state index contributed by atoms with van der Waals surface area (Å²) in [5, 5.41) is 5.03. The summed E-state index contributed by atoms with van der Waals surface area (Å²) in [7, 11) is -2.50. The van der Waals surface area contributed by atoms with E-state index < -0.39 is 21.7 Å². The Balaban J connectivity index is 3.22. The predicted octanol–water partition coefficient (Wildman–Crippen LogP) is 2.11. The molecular formula is C12H16BrFN2O3S. The largest absolute Gasteiger partial charge is 0.342 e. The molecule has 1 aromatic carbocycles. The van der Waals surface area contributed by atoms with Crippen LogP contribution < -0.4 is 5.14 Å². The fourth-order valence-corrected chi connectivity index (χ4v) is 3.22. The maximum Gasteiger partial charge on any atom is 0.256 e. The summed E-state index contributed by atoms with van der Waals surface area (Å²) in [6, 6.07) is 1.89. The number of unbranched alkanes of at least 4 members (excludes halogenated alkanes) is 1. The van der Waals surface area contributed by atoms with Crippen molar-refractivity contribution in [3.8, 4) is 0 Å². The second-order valence-corrected chi connectivity index (χ2v) is 6.77. The van der Waals surface area contributed by atoms with Gasteiger partial charge >= 0.3 is 0 Å². The van der Waals surface area contributed by atoms with Gasteiger partial charge in [-0.2, -0.15) is 0 Å². The Kier molecular flexibility index (Phi) is 5.67. The van der Waals surface area contributed by atoms with Crippen molar-refractivity contribution in [2.45, 2.75) is 24.7 Å². The van der Waals surface area contributed by atoms with E-state index in [1.165, 1.54) is 11.9 Å². The van der Waals surface area contributed by atoms with E-state index in [-0.39, 0.29) is 14.9 Å². The third kappa shape index (κ3) is 4.00. The molecule has 0 atom stereocenters. The highest BCUT2D eigenvalue weighted by atomic mass is 79.9. The summed E-state index contributed by atoms with van der Waals surface area (Å²) in [6.45, 7) is 2.44. The number of rotatable bonds is 5. The zero-order chi connectivity index (χ0) is 15.5. The number of hydrogen-bond acceptors (Lipinski definition) is 3. The van der Waals surface area contributed by atoms with Crippen LogP contribution in [-0.2, 0) is 10.0 Å². The van der Waals surface area contributed by atoms with Crippen LogP contribution in [0.15, 0.2) is 21.5 Å². The van der Waals surface area contributed by atoms with E-state index in [1.54, 1.807) is 0 Å². The number of nitrogens with zero attached hydrogens (tertiary/aromatic N) is 1. The molecule has 0 bridgehead atoms. The van der Waals surface area contributed by atoms with Crippen LogP contribution in [0.2, 0.25) is 0 Å². The van der Waals surface area contributed by atoms with Gasteiger partial charge in [-0.25, -0.2) is 17.9 Å². The first kappa shape index (κ1) is 17.1. The third-order valence-electron chi connectivity index (χ3n) is 2.75. The quantitative estimate of drug-likeness (QED) is 0.866. The molecule has 0 spiro atoms. The van der Waals surface area contributed by atoms with Gasteiger partial charge in [0.1, 0.15) is 5.82 Å². The smallest absolute Gasteiger partial charge is 0.256 e.